The smallest absolute Gasteiger partial charge is 0.159 e. The van der Waals surface area contributed by atoms with E-state index >= 15 is 0 Å². The number of nitrogens with one attached hydrogen (secondary N) is 1. The van der Waals surface area contributed by atoms with Gasteiger partial charge >= 0.3 is 0 Å². The second kappa shape index (κ2) is 7.81. The van der Waals surface area contributed by atoms with Crippen LogP contribution in [0.2, 0.25) is 0 Å². The lowest BCUT2D eigenvalue weighted by molar-refractivity contribution is 0.220. The molecule has 0 saturated heterocycles. The number of rotatable bonds is 7. The van der Waals surface area contributed by atoms with E-state index in [9.17, 15) is 13.9 Å². The zero-order valence-electron chi connectivity index (χ0n) is 11.6. The lowest BCUT2D eigenvalue weighted by atomic mass is 10.0. The summed E-state index contributed by atoms with van der Waals surface area (Å²) in [4.78, 5) is 4.22. The molecule has 0 radical (unpaired) electrons. The summed E-state index contributed by atoms with van der Waals surface area (Å²) in [6.45, 7) is 1.04. The van der Waals surface area contributed by atoms with Crippen molar-refractivity contribution < 1.29 is 13.9 Å². The molecule has 0 amide bonds. The molecule has 2 aromatic rings. The average molecular weight is 292 g/mol. The van der Waals surface area contributed by atoms with Crippen LogP contribution in [0.25, 0.3) is 0 Å². The van der Waals surface area contributed by atoms with E-state index in [4.69, 9.17) is 0 Å². The standard InChI is InChI=1S/C16H18F2N2O/c17-15-5-4-12(8-16(15)18)9-19-10-13(11-21)7-14-3-1-2-6-20-14/h1-6,8,13,19,21H,7,9-11H2. The lowest BCUT2D eigenvalue weighted by Crippen LogP contribution is -2.26. The van der Waals surface area contributed by atoms with Crippen molar-refractivity contribution in [2.45, 2.75) is 13.0 Å². The minimum Gasteiger partial charge on any atom is -0.396 e. The van der Waals surface area contributed by atoms with Crippen LogP contribution in [0.3, 0.4) is 0 Å². The summed E-state index contributed by atoms with van der Waals surface area (Å²) in [6, 6.07) is 9.50. The first-order valence-electron chi connectivity index (χ1n) is 6.84. The maximum absolute atomic E-state index is 13.1. The Hall–Kier alpha value is -1.85. The Morgan fingerprint density at radius 2 is 2.00 bits per heavy atom. The van der Waals surface area contributed by atoms with Crippen molar-refractivity contribution in [1.29, 1.82) is 0 Å². The molecule has 2 rings (SSSR count). The maximum atomic E-state index is 13.1. The van der Waals surface area contributed by atoms with Gasteiger partial charge in [-0.1, -0.05) is 12.1 Å². The van der Waals surface area contributed by atoms with Gasteiger partial charge in [-0.3, -0.25) is 4.98 Å². The number of hydrogen-bond donors (Lipinski definition) is 2. The molecule has 1 unspecified atom stereocenters. The van der Waals surface area contributed by atoms with E-state index in [1.165, 1.54) is 12.1 Å². The highest BCUT2D eigenvalue weighted by Gasteiger charge is 2.09. The van der Waals surface area contributed by atoms with Crippen molar-refractivity contribution in [2.75, 3.05) is 13.2 Å². The first-order valence-corrected chi connectivity index (χ1v) is 6.84. The summed E-state index contributed by atoms with van der Waals surface area (Å²) in [6.07, 6.45) is 2.39. The highest BCUT2D eigenvalue weighted by molar-refractivity contribution is 5.17. The molecule has 0 aliphatic carbocycles. The van der Waals surface area contributed by atoms with Crippen LogP contribution >= 0.6 is 0 Å². The van der Waals surface area contributed by atoms with Crippen LogP contribution in [0, 0.1) is 17.6 Å². The van der Waals surface area contributed by atoms with Gasteiger partial charge in [0.05, 0.1) is 0 Å². The summed E-state index contributed by atoms with van der Waals surface area (Å²) in [5.74, 6) is -1.66. The number of aromatic nitrogens is 1. The third kappa shape index (κ3) is 4.88. The summed E-state index contributed by atoms with van der Waals surface area (Å²) in [7, 11) is 0. The van der Waals surface area contributed by atoms with Crippen molar-refractivity contribution >= 4 is 0 Å². The van der Waals surface area contributed by atoms with Crippen molar-refractivity contribution in [3.05, 3.63) is 65.5 Å². The van der Waals surface area contributed by atoms with E-state index in [0.717, 1.165) is 11.8 Å². The van der Waals surface area contributed by atoms with E-state index in [1.54, 1.807) is 6.20 Å². The predicted octanol–water partition coefficient (Wildman–Crippen LogP) is 2.30. The number of pyridine rings is 1. The van der Waals surface area contributed by atoms with E-state index in [1.807, 2.05) is 18.2 Å². The number of aliphatic hydroxyl groups excluding tert-OH is 1. The Bertz CT molecular complexity index is 563. The number of nitrogens with zero attached hydrogens (tertiary/aromatic N) is 1. The van der Waals surface area contributed by atoms with Gasteiger partial charge in [0.25, 0.3) is 0 Å². The fourth-order valence-corrected chi connectivity index (χ4v) is 2.09. The van der Waals surface area contributed by atoms with E-state index in [-0.39, 0.29) is 12.5 Å². The Kier molecular flexibility index (Phi) is 5.78. The van der Waals surface area contributed by atoms with Crippen LogP contribution in [0.5, 0.6) is 0 Å². The zero-order chi connectivity index (χ0) is 15.1. The predicted molar refractivity (Wildman–Crippen MR) is 76.6 cm³/mol. The van der Waals surface area contributed by atoms with Gasteiger partial charge in [-0.25, -0.2) is 8.78 Å². The molecule has 1 aromatic carbocycles. The zero-order valence-corrected chi connectivity index (χ0v) is 11.6. The quantitative estimate of drug-likeness (QED) is 0.823. The molecular formula is C16H18F2N2O. The minimum absolute atomic E-state index is 0.0326. The van der Waals surface area contributed by atoms with Gasteiger partial charge in [0.1, 0.15) is 0 Å². The molecule has 0 aliphatic rings. The highest BCUT2D eigenvalue weighted by Crippen LogP contribution is 2.09. The Labute approximate surface area is 122 Å². The summed E-state index contributed by atoms with van der Waals surface area (Å²) >= 11 is 0. The van der Waals surface area contributed by atoms with Crippen molar-refractivity contribution in [3.63, 3.8) is 0 Å². The third-order valence-corrected chi connectivity index (χ3v) is 3.23. The largest absolute Gasteiger partial charge is 0.396 e. The lowest BCUT2D eigenvalue weighted by Gasteiger charge is -2.14. The number of halogens is 2. The molecule has 1 heterocycles. The van der Waals surface area contributed by atoms with Gasteiger partial charge in [-0.2, -0.15) is 0 Å². The molecule has 2 N–H and O–H groups in total. The normalized spacial score (nSPS) is 12.3. The molecule has 3 nitrogen and oxygen atoms in total. The topological polar surface area (TPSA) is 45.1 Å². The molecule has 112 valence electrons. The molecule has 0 saturated carbocycles. The minimum atomic E-state index is -0.846. The van der Waals surface area contributed by atoms with Crippen LogP contribution in [-0.4, -0.2) is 23.2 Å². The number of aliphatic hydroxyl groups is 1. The highest BCUT2D eigenvalue weighted by atomic mass is 19.2. The fourth-order valence-electron chi connectivity index (χ4n) is 2.09. The Morgan fingerprint density at radius 3 is 2.67 bits per heavy atom. The van der Waals surface area contributed by atoms with Gasteiger partial charge < -0.3 is 10.4 Å². The molecule has 0 fully saturated rings. The fraction of sp³-hybridized carbons (Fsp3) is 0.312. The monoisotopic (exact) mass is 292 g/mol. The van der Waals surface area contributed by atoms with E-state index in [2.05, 4.69) is 10.3 Å². The van der Waals surface area contributed by atoms with Gasteiger partial charge in [-0.05, 0) is 42.2 Å². The van der Waals surface area contributed by atoms with Crippen LogP contribution in [0.1, 0.15) is 11.3 Å². The van der Waals surface area contributed by atoms with Gasteiger partial charge in [-0.15, -0.1) is 0 Å². The molecule has 1 aromatic heterocycles. The molecule has 5 heteroatoms. The summed E-state index contributed by atoms with van der Waals surface area (Å²) in [5, 5.41) is 12.5. The van der Waals surface area contributed by atoms with Crippen molar-refractivity contribution in [2.24, 2.45) is 5.92 Å². The molecular weight excluding hydrogens is 274 g/mol. The summed E-state index contributed by atoms with van der Waals surface area (Å²) in [5.41, 5.74) is 1.59. The molecule has 21 heavy (non-hydrogen) atoms. The number of benzene rings is 1. The van der Waals surface area contributed by atoms with Gasteiger partial charge in [0.15, 0.2) is 11.6 Å². The molecule has 1 atom stereocenters. The van der Waals surface area contributed by atoms with Crippen LogP contribution in [0.15, 0.2) is 42.6 Å². The average Bonchev–Trinajstić information content (AvgIpc) is 2.51. The van der Waals surface area contributed by atoms with Crippen LogP contribution < -0.4 is 5.32 Å². The first-order chi connectivity index (χ1) is 10.2. The van der Waals surface area contributed by atoms with Crippen LogP contribution in [0.4, 0.5) is 8.78 Å². The molecule has 0 bridgehead atoms. The number of hydrogen-bond acceptors (Lipinski definition) is 3. The van der Waals surface area contributed by atoms with Gasteiger partial charge in [0, 0.05) is 31.6 Å². The third-order valence-electron chi connectivity index (χ3n) is 3.23. The SMILES string of the molecule is OCC(CNCc1ccc(F)c(F)c1)Cc1ccccn1. The van der Waals surface area contributed by atoms with E-state index in [0.29, 0.717) is 25.1 Å². The first kappa shape index (κ1) is 15.5. The van der Waals surface area contributed by atoms with Crippen molar-refractivity contribution in [3.8, 4) is 0 Å². The van der Waals surface area contributed by atoms with Crippen LogP contribution in [-0.2, 0) is 13.0 Å². The Balaban J connectivity index is 1.81. The summed E-state index contributed by atoms with van der Waals surface area (Å²) < 4.78 is 25.9. The maximum Gasteiger partial charge on any atom is 0.159 e. The second-order valence-corrected chi connectivity index (χ2v) is 4.95. The molecule has 0 aliphatic heterocycles. The Morgan fingerprint density at radius 1 is 1.14 bits per heavy atom. The van der Waals surface area contributed by atoms with E-state index < -0.39 is 11.6 Å². The second-order valence-electron chi connectivity index (χ2n) is 4.95. The van der Waals surface area contributed by atoms with Crippen molar-refractivity contribution in [1.82, 2.24) is 10.3 Å². The molecule has 0 spiro atoms. The van der Waals surface area contributed by atoms with Gasteiger partial charge in [0.2, 0.25) is 0 Å².